The molecule has 0 aliphatic carbocycles. The van der Waals surface area contributed by atoms with Crippen molar-refractivity contribution in [1.29, 1.82) is 0 Å². The van der Waals surface area contributed by atoms with E-state index in [-0.39, 0.29) is 18.4 Å². The number of amides is 2. The average Bonchev–Trinajstić information content (AvgIpc) is 2.52. The molecule has 0 saturated carbocycles. The van der Waals surface area contributed by atoms with Gasteiger partial charge < -0.3 is 15.0 Å². The minimum absolute atomic E-state index is 0.135. The number of hydrogen-bond donors (Lipinski definition) is 1. The van der Waals surface area contributed by atoms with Crippen molar-refractivity contribution >= 4 is 6.03 Å². The van der Waals surface area contributed by atoms with Gasteiger partial charge >= 0.3 is 6.03 Å². The molecule has 0 radical (unpaired) electrons. The number of urea groups is 1. The first kappa shape index (κ1) is 15.7. The maximum absolute atomic E-state index is 13.5. The number of rotatable bonds is 5. The van der Waals surface area contributed by atoms with Gasteiger partial charge in [-0.05, 0) is 6.07 Å². The summed E-state index contributed by atoms with van der Waals surface area (Å²) in [6.45, 7) is 4.88. The highest BCUT2D eigenvalue weighted by atomic mass is 19.1. The number of halogens is 1. The molecule has 0 spiro atoms. The molecule has 2 rings (SSSR count). The Balaban J connectivity index is 1.74. The molecule has 0 bridgehead atoms. The first-order chi connectivity index (χ1) is 10.2. The summed E-state index contributed by atoms with van der Waals surface area (Å²) in [5, 5.41) is 2.77. The number of nitrogens with one attached hydrogen (secondary N) is 1. The lowest BCUT2D eigenvalue weighted by atomic mass is 10.2. The van der Waals surface area contributed by atoms with Crippen molar-refractivity contribution in [3.63, 3.8) is 0 Å². The molecule has 2 amide bonds. The number of carbonyl (C=O) groups excluding carboxylic acids is 1. The quantitative estimate of drug-likeness (QED) is 0.890. The Morgan fingerprint density at radius 3 is 2.67 bits per heavy atom. The maximum Gasteiger partial charge on any atom is 0.317 e. The van der Waals surface area contributed by atoms with Gasteiger partial charge in [-0.15, -0.1) is 0 Å². The van der Waals surface area contributed by atoms with Gasteiger partial charge in [-0.3, -0.25) is 4.90 Å². The van der Waals surface area contributed by atoms with Crippen LogP contribution < -0.4 is 5.32 Å². The molecular formula is C15H22FN3O2. The maximum atomic E-state index is 13.5. The van der Waals surface area contributed by atoms with Gasteiger partial charge in [0.25, 0.3) is 0 Å². The van der Waals surface area contributed by atoms with Crippen LogP contribution in [0.3, 0.4) is 0 Å². The fraction of sp³-hybridized carbons (Fsp3) is 0.533. The van der Waals surface area contributed by atoms with Crippen LogP contribution in [-0.2, 0) is 11.3 Å². The van der Waals surface area contributed by atoms with Crippen molar-refractivity contribution < 1.29 is 13.9 Å². The molecule has 1 fully saturated rings. The first-order valence-corrected chi connectivity index (χ1v) is 7.18. The summed E-state index contributed by atoms with van der Waals surface area (Å²) in [7, 11) is 1.69. The summed E-state index contributed by atoms with van der Waals surface area (Å²) >= 11 is 0. The Morgan fingerprint density at radius 1 is 1.29 bits per heavy atom. The monoisotopic (exact) mass is 295 g/mol. The van der Waals surface area contributed by atoms with Gasteiger partial charge in [-0.25, -0.2) is 9.18 Å². The minimum Gasteiger partial charge on any atom is -0.383 e. The molecule has 1 heterocycles. The van der Waals surface area contributed by atoms with Crippen molar-refractivity contribution in [3.8, 4) is 0 Å². The lowest BCUT2D eigenvalue weighted by molar-refractivity contribution is 0.106. The molecule has 116 valence electrons. The van der Waals surface area contributed by atoms with Crippen LogP contribution in [0.15, 0.2) is 24.3 Å². The summed E-state index contributed by atoms with van der Waals surface area (Å²) in [5.74, 6) is -0.290. The normalized spacial score (nSPS) is 16.0. The first-order valence-electron chi connectivity index (χ1n) is 7.18. The number of benzene rings is 1. The van der Waals surface area contributed by atoms with Crippen LogP contribution in [0, 0.1) is 5.82 Å². The number of piperazine rings is 1. The second-order valence-electron chi connectivity index (χ2n) is 5.07. The molecule has 0 unspecified atom stereocenters. The molecular weight excluding hydrogens is 273 g/mol. The zero-order valence-electron chi connectivity index (χ0n) is 12.3. The standard InChI is InChI=1S/C15H22FN3O2/c1-21-11-10-18-6-8-19(9-7-18)15(20)17-12-13-4-2-3-5-14(13)16/h2-5H,6-12H2,1H3,(H,17,20). The van der Waals surface area contributed by atoms with Crippen molar-refractivity contribution in [3.05, 3.63) is 35.6 Å². The molecule has 6 heteroatoms. The Kier molecular flexibility index (Phi) is 5.95. The third-order valence-electron chi connectivity index (χ3n) is 3.66. The molecule has 0 aromatic heterocycles. The van der Waals surface area contributed by atoms with Gasteiger partial charge in [0.15, 0.2) is 0 Å². The van der Waals surface area contributed by atoms with E-state index in [1.807, 2.05) is 0 Å². The predicted octanol–water partition coefficient (Wildman–Crippen LogP) is 1.30. The lowest BCUT2D eigenvalue weighted by Crippen LogP contribution is -2.52. The molecule has 0 atom stereocenters. The Morgan fingerprint density at radius 2 is 2.00 bits per heavy atom. The van der Waals surface area contributed by atoms with E-state index in [9.17, 15) is 9.18 Å². The van der Waals surface area contributed by atoms with Gasteiger partial charge in [0, 0.05) is 51.9 Å². The van der Waals surface area contributed by atoms with Crippen LogP contribution in [0.1, 0.15) is 5.56 Å². The summed E-state index contributed by atoms with van der Waals surface area (Å²) in [6, 6.07) is 6.34. The fourth-order valence-corrected chi connectivity index (χ4v) is 2.32. The van der Waals surface area contributed by atoms with E-state index >= 15 is 0 Å². The van der Waals surface area contributed by atoms with Crippen LogP contribution in [0.25, 0.3) is 0 Å². The van der Waals surface area contributed by atoms with Crippen molar-refractivity contribution in [2.45, 2.75) is 6.54 Å². The van der Waals surface area contributed by atoms with E-state index in [0.717, 1.165) is 19.6 Å². The van der Waals surface area contributed by atoms with Gasteiger partial charge in [-0.2, -0.15) is 0 Å². The van der Waals surface area contributed by atoms with Crippen LogP contribution >= 0.6 is 0 Å². The largest absolute Gasteiger partial charge is 0.383 e. The molecule has 1 aliphatic rings. The van der Waals surface area contributed by atoms with E-state index in [4.69, 9.17) is 4.74 Å². The topological polar surface area (TPSA) is 44.8 Å². The SMILES string of the molecule is COCCN1CCN(C(=O)NCc2ccccc2F)CC1. The van der Waals surface area contributed by atoms with Gasteiger partial charge in [-0.1, -0.05) is 18.2 Å². The van der Waals surface area contributed by atoms with Crippen molar-refractivity contribution in [2.75, 3.05) is 46.4 Å². The van der Waals surface area contributed by atoms with Gasteiger partial charge in [0.2, 0.25) is 0 Å². The van der Waals surface area contributed by atoms with E-state index in [2.05, 4.69) is 10.2 Å². The zero-order valence-corrected chi connectivity index (χ0v) is 12.3. The number of nitrogens with zero attached hydrogens (tertiary/aromatic N) is 2. The Hall–Kier alpha value is -1.66. The molecule has 21 heavy (non-hydrogen) atoms. The lowest BCUT2D eigenvalue weighted by Gasteiger charge is -2.34. The predicted molar refractivity (Wildman–Crippen MR) is 78.5 cm³/mol. The third kappa shape index (κ3) is 4.68. The number of carbonyl (C=O) groups is 1. The van der Waals surface area contributed by atoms with Crippen LogP contribution in [0.4, 0.5) is 9.18 Å². The van der Waals surface area contributed by atoms with E-state index in [1.54, 1.807) is 30.2 Å². The molecule has 1 aliphatic heterocycles. The van der Waals surface area contributed by atoms with E-state index in [0.29, 0.717) is 25.3 Å². The molecule has 1 saturated heterocycles. The van der Waals surface area contributed by atoms with Gasteiger partial charge in [0.05, 0.1) is 6.61 Å². The third-order valence-corrected chi connectivity index (χ3v) is 3.66. The Bertz CT molecular complexity index is 462. The molecule has 1 N–H and O–H groups in total. The average molecular weight is 295 g/mol. The Labute approximate surface area is 124 Å². The smallest absolute Gasteiger partial charge is 0.317 e. The second kappa shape index (κ2) is 7.95. The van der Waals surface area contributed by atoms with E-state index in [1.165, 1.54) is 6.07 Å². The van der Waals surface area contributed by atoms with Crippen LogP contribution in [0.2, 0.25) is 0 Å². The summed E-state index contributed by atoms with van der Waals surface area (Å²) in [6.07, 6.45) is 0. The summed E-state index contributed by atoms with van der Waals surface area (Å²) < 4.78 is 18.5. The number of methoxy groups -OCH3 is 1. The highest BCUT2D eigenvalue weighted by Gasteiger charge is 2.20. The highest BCUT2D eigenvalue weighted by Crippen LogP contribution is 2.07. The van der Waals surface area contributed by atoms with Crippen LogP contribution in [-0.4, -0.2) is 62.3 Å². The van der Waals surface area contributed by atoms with Crippen molar-refractivity contribution in [2.24, 2.45) is 0 Å². The number of ether oxygens (including phenoxy) is 1. The summed E-state index contributed by atoms with van der Waals surface area (Å²) in [4.78, 5) is 16.1. The summed E-state index contributed by atoms with van der Waals surface area (Å²) in [5.41, 5.74) is 0.504. The number of hydrogen-bond acceptors (Lipinski definition) is 3. The molecule has 1 aromatic carbocycles. The van der Waals surface area contributed by atoms with Gasteiger partial charge in [0.1, 0.15) is 5.82 Å². The molecule has 5 nitrogen and oxygen atoms in total. The molecule has 1 aromatic rings. The second-order valence-corrected chi connectivity index (χ2v) is 5.07. The zero-order chi connectivity index (χ0) is 15.1. The fourth-order valence-electron chi connectivity index (χ4n) is 2.32. The van der Waals surface area contributed by atoms with E-state index < -0.39 is 0 Å². The van der Waals surface area contributed by atoms with Crippen molar-refractivity contribution in [1.82, 2.24) is 15.1 Å². The van der Waals surface area contributed by atoms with Crippen LogP contribution in [0.5, 0.6) is 0 Å². The highest BCUT2D eigenvalue weighted by molar-refractivity contribution is 5.74. The minimum atomic E-state index is -0.290.